The number of likely N-dealkylation sites (tertiary alicyclic amines) is 1. The average Bonchev–Trinajstić information content (AvgIpc) is 3.33. The number of carbonyl (C=O) groups is 1. The summed E-state index contributed by atoms with van der Waals surface area (Å²) in [5, 5.41) is 8.45. The summed E-state index contributed by atoms with van der Waals surface area (Å²) in [6.45, 7) is 4.77. The first-order valence-corrected chi connectivity index (χ1v) is 9.08. The third-order valence-electron chi connectivity index (χ3n) is 5.24. The zero-order valence-electron chi connectivity index (χ0n) is 15.4. The summed E-state index contributed by atoms with van der Waals surface area (Å²) in [6, 6.07) is 7.81. The van der Waals surface area contributed by atoms with Gasteiger partial charge in [0.05, 0.1) is 18.3 Å². The van der Waals surface area contributed by atoms with Crippen LogP contribution in [0.4, 0.5) is 4.79 Å². The number of fused-ring (bicyclic) bond motifs is 1. The fourth-order valence-corrected chi connectivity index (χ4v) is 3.91. The molecule has 6 nitrogen and oxygen atoms in total. The minimum Gasteiger partial charge on any atom is -0.459 e. The van der Waals surface area contributed by atoms with Gasteiger partial charge in [0.1, 0.15) is 11.3 Å². The molecule has 2 atom stereocenters. The summed E-state index contributed by atoms with van der Waals surface area (Å²) in [6.07, 6.45) is 5.81. The SMILES string of the molecule is Cc1c([C@H](C)NC(=O)N2CCCC2c2cnn(C)c2)oc2ccccc12. The van der Waals surface area contributed by atoms with Crippen molar-refractivity contribution in [3.63, 3.8) is 0 Å². The van der Waals surface area contributed by atoms with Gasteiger partial charge in [0.2, 0.25) is 0 Å². The van der Waals surface area contributed by atoms with Crippen molar-refractivity contribution in [2.24, 2.45) is 7.05 Å². The lowest BCUT2D eigenvalue weighted by molar-refractivity contribution is 0.188. The second-order valence-electron chi connectivity index (χ2n) is 7.06. The van der Waals surface area contributed by atoms with Gasteiger partial charge < -0.3 is 14.6 Å². The standard InChI is InChI=1S/C20H24N4O2/c1-13-16-7-4-5-9-18(16)26-19(13)14(2)22-20(25)24-10-6-8-17(24)15-11-21-23(3)12-15/h4-5,7,9,11-12,14,17H,6,8,10H2,1-3H3,(H,22,25)/t14-,17?/m0/s1. The van der Waals surface area contributed by atoms with Crippen LogP contribution in [0.3, 0.4) is 0 Å². The molecule has 0 aliphatic carbocycles. The molecule has 3 aromatic rings. The third kappa shape index (κ3) is 2.85. The van der Waals surface area contributed by atoms with Crippen LogP contribution < -0.4 is 5.32 Å². The Morgan fingerprint density at radius 3 is 2.92 bits per heavy atom. The van der Waals surface area contributed by atoms with Gasteiger partial charge in [0.25, 0.3) is 0 Å². The van der Waals surface area contributed by atoms with Crippen LogP contribution in [0.2, 0.25) is 0 Å². The molecule has 0 bridgehead atoms. The number of urea groups is 1. The molecule has 136 valence electrons. The first kappa shape index (κ1) is 16.7. The molecule has 26 heavy (non-hydrogen) atoms. The second-order valence-corrected chi connectivity index (χ2v) is 7.06. The quantitative estimate of drug-likeness (QED) is 0.772. The average molecular weight is 352 g/mol. The van der Waals surface area contributed by atoms with Crippen LogP contribution in [0.25, 0.3) is 11.0 Å². The summed E-state index contributed by atoms with van der Waals surface area (Å²) >= 11 is 0. The van der Waals surface area contributed by atoms with Gasteiger partial charge in [-0.05, 0) is 32.8 Å². The number of nitrogens with one attached hydrogen (secondary N) is 1. The Kier molecular flexibility index (Phi) is 4.18. The van der Waals surface area contributed by atoms with E-state index in [-0.39, 0.29) is 18.1 Å². The number of benzene rings is 1. The number of amides is 2. The lowest BCUT2D eigenvalue weighted by Gasteiger charge is -2.26. The second kappa shape index (κ2) is 6.52. The Morgan fingerprint density at radius 2 is 2.19 bits per heavy atom. The molecule has 1 aliphatic rings. The highest BCUT2D eigenvalue weighted by Gasteiger charge is 2.32. The maximum atomic E-state index is 12.9. The molecule has 2 amide bonds. The monoisotopic (exact) mass is 352 g/mol. The van der Waals surface area contributed by atoms with Crippen molar-refractivity contribution in [3.8, 4) is 0 Å². The zero-order chi connectivity index (χ0) is 18.3. The third-order valence-corrected chi connectivity index (χ3v) is 5.24. The molecule has 4 rings (SSSR count). The molecule has 3 heterocycles. The molecular weight excluding hydrogens is 328 g/mol. The number of aromatic nitrogens is 2. The number of nitrogens with zero attached hydrogens (tertiary/aromatic N) is 3. The van der Waals surface area contributed by atoms with Crippen LogP contribution in [-0.4, -0.2) is 27.3 Å². The topological polar surface area (TPSA) is 63.3 Å². The molecule has 6 heteroatoms. The Bertz CT molecular complexity index is 942. The van der Waals surface area contributed by atoms with Crippen molar-refractivity contribution < 1.29 is 9.21 Å². The highest BCUT2D eigenvalue weighted by molar-refractivity contribution is 5.82. The lowest BCUT2D eigenvalue weighted by atomic mass is 10.1. The van der Waals surface area contributed by atoms with Gasteiger partial charge in [-0.3, -0.25) is 4.68 Å². The van der Waals surface area contributed by atoms with Gasteiger partial charge in [-0.25, -0.2) is 4.79 Å². The zero-order valence-corrected chi connectivity index (χ0v) is 15.4. The normalized spacial score (nSPS) is 18.4. The lowest BCUT2D eigenvalue weighted by Crippen LogP contribution is -2.40. The van der Waals surface area contributed by atoms with E-state index >= 15 is 0 Å². The molecule has 1 N–H and O–H groups in total. The molecule has 1 aliphatic heterocycles. The van der Waals surface area contributed by atoms with Gasteiger partial charge in [0.15, 0.2) is 0 Å². The molecule has 1 unspecified atom stereocenters. The number of furan rings is 1. The van der Waals surface area contributed by atoms with Gasteiger partial charge in [0, 0.05) is 36.3 Å². The summed E-state index contributed by atoms with van der Waals surface area (Å²) in [4.78, 5) is 14.8. The van der Waals surface area contributed by atoms with Crippen LogP contribution in [0.15, 0.2) is 41.1 Å². The van der Waals surface area contributed by atoms with Crippen molar-refractivity contribution in [2.45, 2.75) is 38.8 Å². The van der Waals surface area contributed by atoms with E-state index < -0.39 is 0 Å². The molecular formula is C20H24N4O2. The molecule has 0 radical (unpaired) electrons. The highest BCUT2D eigenvalue weighted by Crippen LogP contribution is 2.33. The molecule has 2 aromatic heterocycles. The Labute approximate surface area is 152 Å². The number of aryl methyl sites for hydroxylation is 2. The van der Waals surface area contributed by atoms with Gasteiger partial charge in [-0.1, -0.05) is 18.2 Å². The van der Waals surface area contributed by atoms with Crippen LogP contribution >= 0.6 is 0 Å². The smallest absolute Gasteiger partial charge is 0.318 e. The Morgan fingerprint density at radius 1 is 1.38 bits per heavy atom. The van der Waals surface area contributed by atoms with Gasteiger partial charge in [-0.2, -0.15) is 5.10 Å². The van der Waals surface area contributed by atoms with E-state index in [1.54, 1.807) is 4.68 Å². The number of para-hydroxylation sites is 1. The van der Waals surface area contributed by atoms with Crippen LogP contribution in [-0.2, 0) is 7.05 Å². The first-order chi connectivity index (χ1) is 12.5. The molecule has 0 saturated carbocycles. The van der Waals surface area contributed by atoms with Crippen LogP contribution in [0.5, 0.6) is 0 Å². The predicted molar refractivity (Wildman–Crippen MR) is 99.8 cm³/mol. The maximum Gasteiger partial charge on any atom is 0.318 e. The Hall–Kier alpha value is -2.76. The van der Waals surface area contributed by atoms with Crippen molar-refractivity contribution in [1.29, 1.82) is 0 Å². The van der Waals surface area contributed by atoms with Crippen molar-refractivity contribution in [3.05, 3.63) is 53.5 Å². The highest BCUT2D eigenvalue weighted by atomic mass is 16.3. The van der Waals surface area contributed by atoms with E-state index in [4.69, 9.17) is 4.42 Å². The summed E-state index contributed by atoms with van der Waals surface area (Å²) in [7, 11) is 1.90. The van der Waals surface area contributed by atoms with Crippen LogP contribution in [0.1, 0.15) is 48.7 Å². The summed E-state index contributed by atoms with van der Waals surface area (Å²) in [5.74, 6) is 0.816. The van der Waals surface area contributed by atoms with E-state index in [0.717, 1.165) is 47.2 Å². The number of carbonyl (C=O) groups excluding carboxylic acids is 1. The van der Waals surface area contributed by atoms with Gasteiger partial charge in [-0.15, -0.1) is 0 Å². The van der Waals surface area contributed by atoms with E-state index in [2.05, 4.69) is 10.4 Å². The van der Waals surface area contributed by atoms with Crippen molar-refractivity contribution in [1.82, 2.24) is 20.0 Å². The predicted octanol–water partition coefficient (Wildman–Crippen LogP) is 4.08. The summed E-state index contributed by atoms with van der Waals surface area (Å²) < 4.78 is 7.77. The Balaban J connectivity index is 1.52. The van der Waals surface area contributed by atoms with E-state index in [1.807, 2.05) is 62.5 Å². The van der Waals surface area contributed by atoms with Gasteiger partial charge >= 0.3 is 6.03 Å². The fraction of sp³-hybridized carbons (Fsp3) is 0.400. The van der Waals surface area contributed by atoms with E-state index in [9.17, 15) is 4.79 Å². The number of hydrogen-bond acceptors (Lipinski definition) is 3. The minimum atomic E-state index is -0.190. The minimum absolute atomic E-state index is 0.0521. The van der Waals surface area contributed by atoms with E-state index in [1.165, 1.54) is 0 Å². The maximum absolute atomic E-state index is 12.9. The molecule has 1 aromatic carbocycles. The number of rotatable bonds is 3. The summed E-state index contributed by atoms with van der Waals surface area (Å²) in [5.41, 5.74) is 3.03. The molecule has 1 fully saturated rings. The largest absolute Gasteiger partial charge is 0.459 e. The first-order valence-electron chi connectivity index (χ1n) is 9.08. The van der Waals surface area contributed by atoms with E-state index in [0.29, 0.717) is 0 Å². The molecule has 1 saturated heterocycles. The molecule has 0 spiro atoms. The van der Waals surface area contributed by atoms with Crippen LogP contribution in [0, 0.1) is 6.92 Å². The number of hydrogen-bond donors (Lipinski definition) is 1. The fourth-order valence-electron chi connectivity index (χ4n) is 3.91. The van der Waals surface area contributed by atoms with Crippen molar-refractivity contribution >= 4 is 17.0 Å². The van der Waals surface area contributed by atoms with Crippen molar-refractivity contribution in [2.75, 3.05) is 6.54 Å².